The van der Waals surface area contributed by atoms with Crippen LogP contribution in [0.4, 0.5) is 4.79 Å². The van der Waals surface area contributed by atoms with Crippen molar-refractivity contribution in [3.8, 4) is 0 Å². The van der Waals surface area contributed by atoms with E-state index in [1.807, 2.05) is 30.3 Å². The zero-order valence-corrected chi connectivity index (χ0v) is 12.9. The molecule has 2 atom stereocenters. The maximum Gasteiger partial charge on any atom is 0.410 e. The predicted molar refractivity (Wildman–Crippen MR) is 82.4 cm³/mol. The van der Waals surface area contributed by atoms with Crippen molar-refractivity contribution in [2.24, 2.45) is 5.92 Å². The number of aliphatic carboxylic acids is 1. The fourth-order valence-corrected chi connectivity index (χ4v) is 2.80. The van der Waals surface area contributed by atoms with Gasteiger partial charge >= 0.3 is 12.1 Å². The molecule has 22 heavy (non-hydrogen) atoms. The van der Waals surface area contributed by atoms with Gasteiger partial charge < -0.3 is 14.7 Å². The Morgan fingerprint density at radius 1 is 1.32 bits per heavy atom. The monoisotopic (exact) mass is 305 g/mol. The van der Waals surface area contributed by atoms with Crippen LogP contribution in [0.25, 0.3) is 0 Å². The molecule has 1 aromatic rings. The second-order valence-electron chi connectivity index (χ2n) is 5.86. The van der Waals surface area contributed by atoms with E-state index < -0.39 is 11.9 Å². The fraction of sp³-hybridized carbons (Fsp3) is 0.529. The number of hydrogen-bond donors (Lipinski definition) is 1. The van der Waals surface area contributed by atoms with Crippen LogP contribution in [0.3, 0.4) is 0 Å². The van der Waals surface area contributed by atoms with E-state index >= 15 is 0 Å². The van der Waals surface area contributed by atoms with Gasteiger partial charge in [-0.05, 0) is 31.2 Å². The van der Waals surface area contributed by atoms with Gasteiger partial charge in [0.2, 0.25) is 0 Å². The molecule has 2 unspecified atom stereocenters. The molecular formula is C17H23NO4. The summed E-state index contributed by atoms with van der Waals surface area (Å²) in [6, 6.07) is 9.51. The zero-order chi connectivity index (χ0) is 15.9. The van der Waals surface area contributed by atoms with Gasteiger partial charge in [0.05, 0.1) is 5.92 Å². The Kier molecular flexibility index (Phi) is 5.81. The Morgan fingerprint density at radius 2 is 2.05 bits per heavy atom. The maximum absolute atomic E-state index is 12.3. The van der Waals surface area contributed by atoms with Crippen molar-refractivity contribution in [2.75, 3.05) is 6.54 Å². The first-order valence-corrected chi connectivity index (χ1v) is 7.78. The molecule has 0 saturated carbocycles. The average Bonchev–Trinajstić information content (AvgIpc) is 2.54. The van der Waals surface area contributed by atoms with Crippen molar-refractivity contribution in [3.63, 3.8) is 0 Å². The first kappa shape index (κ1) is 16.3. The van der Waals surface area contributed by atoms with Crippen LogP contribution in [0.5, 0.6) is 0 Å². The Bertz CT molecular complexity index is 503. The standard InChI is InChI=1S/C17H23NO4/c1-13(16(19)20)11-15-9-5-6-10-18(15)17(21)22-12-14-7-3-2-4-8-14/h2-4,7-8,13,15H,5-6,9-12H2,1H3,(H,19,20). The summed E-state index contributed by atoms with van der Waals surface area (Å²) in [7, 11) is 0. The van der Waals surface area contributed by atoms with Crippen LogP contribution in [0.2, 0.25) is 0 Å². The number of likely N-dealkylation sites (tertiary alicyclic amines) is 1. The second kappa shape index (κ2) is 7.82. The molecule has 0 spiro atoms. The number of ether oxygens (including phenoxy) is 1. The summed E-state index contributed by atoms with van der Waals surface area (Å²) in [4.78, 5) is 25.0. The van der Waals surface area contributed by atoms with Crippen LogP contribution in [0.15, 0.2) is 30.3 Å². The molecule has 1 fully saturated rings. The van der Waals surface area contributed by atoms with Gasteiger partial charge in [-0.15, -0.1) is 0 Å². The minimum Gasteiger partial charge on any atom is -0.481 e. The van der Waals surface area contributed by atoms with E-state index in [-0.39, 0.29) is 18.7 Å². The van der Waals surface area contributed by atoms with Crippen molar-refractivity contribution in [2.45, 2.75) is 45.3 Å². The molecule has 1 aliphatic rings. The fourth-order valence-electron chi connectivity index (χ4n) is 2.80. The molecule has 2 rings (SSSR count). The number of carbonyl (C=O) groups is 2. The number of carboxylic acids is 1. The maximum atomic E-state index is 12.3. The Labute approximate surface area is 130 Å². The number of hydrogen-bond acceptors (Lipinski definition) is 3. The summed E-state index contributed by atoms with van der Waals surface area (Å²) in [6.45, 7) is 2.58. The van der Waals surface area contributed by atoms with Crippen molar-refractivity contribution in [3.05, 3.63) is 35.9 Å². The molecular weight excluding hydrogens is 282 g/mol. The summed E-state index contributed by atoms with van der Waals surface area (Å²) in [5, 5.41) is 9.05. The van der Waals surface area contributed by atoms with Crippen LogP contribution >= 0.6 is 0 Å². The Hall–Kier alpha value is -2.04. The summed E-state index contributed by atoms with van der Waals surface area (Å²) in [5.74, 6) is -1.27. The van der Waals surface area contributed by atoms with Gasteiger partial charge in [0.1, 0.15) is 6.61 Å². The van der Waals surface area contributed by atoms with Gasteiger partial charge in [0.25, 0.3) is 0 Å². The molecule has 1 saturated heterocycles. The molecule has 120 valence electrons. The molecule has 0 radical (unpaired) electrons. The second-order valence-corrected chi connectivity index (χ2v) is 5.86. The van der Waals surface area contributed by atoms with Gasteiger partial charge in [-0.25, -0.2) is 4.79 Å². The number of benzene rings is 1. The first-order chi connectivity index (χ1) is 10.6. The SMILES string of the molecule is CC(CC1CCCCN1C(=O)OCc1ccccc1)C(=O)O. The van der Waals surface area contributed by atoms with Crippen LogP contribution in [0.1, 0.15) is 38.2 Å². The molecule has 1 heterocycles. The number of carbonyl (C=O) groups excluding carboxylic acids is 1. The molecule has 5 nitrogen and oxygen atoms in total. The lowest BCUT2D eigenvalue weighted by Gasteiger charge is -2.35. The number of nitrogens with zero attached hydrogens (tertiary/aromatic N) is 1. The van der Waals surface area contributed by atoms with E-state index in [1.165, 1.54) is 0 Å². The highest BCUT2D eigenvalue weighted by molar-refractivity contribution is 5.70. The van der Waals surface area contributed by atoms with Gasteiger partial charge in [-0.3, -0.25) is 4.79 Å². The van der Waals surface area contributed by atoms with Gasteiger partial charge in [-0.1, -0.05) is 37.3 Å². The molecule has 0 aromatic heterocycles. The van der Waals surface area contributed by atoms with E-state index in [4.69, 9.17) is 9.84 Å². The van der Waals surface area contributed by atoms with Crippen LogP contribution in [0, 0.1) is 5.92 Å². The van der Waals surface area contributed by atoms with Crippen molar-refractivity contribution in [1.29, 1.82) is 0 Å². The number of carboxylic acid groups (broad SMARTS) is 1. The number of rotatable bonds is 5. The topological polar surface area (TPSA) is 66.8 Å². The third kappa shape index (κ3) is 4.48. The van der Waals surface area contributed by atoms with Crippen molar-refractivity contribution >= 4 is 12.1 Å². The number of amides is 1. The Balaban J connectivity index is 1.91. The summed E-state index contributed by atoms with van der Waals surface area (Å²) in [5.41, 5.74) is 0.948. The molecule has 1 N–H and O–H groups in total. The van der Waals surface area contributed by atoms with Crippen molar-refractivity contribution < 1.29 is 19.4 Å². The average molecular weight is 305 g/mol. The normalized spacial score (nSPS) is 19.5. The van der Waals surface area contributed by atoms with Crippen LogP contribution in [-0.2, 0) is 16.1 Å². The predicted octanol–water partition coefficient (Wildman–Crippen LogP) is 3.29. The third-order valence-electron chi connectivity index (χ3n) is 4.11. The zero-order valence-electron chi connectivity index (χ0n) is 12.9. The lowest BCUT2D eigenvalue weighted by Crippen LogP contribution is -2.45. The molecule has 0 aliphatic carbocycles. The van der Waals surface area contributed by atoms with E-state index in [0.717, 1.165) is 24.8 Å². The smallest absolute Gasteiger partial charge is 0.410 e. The van der Waals surface area contributed by atoms with Gasteiger partial charge in [0, 0.05) is 12.6 Å². The molecule has 5 heteroatoms. The summed E-state index contributed by atoms with van der Waals surface area (Å²) >= 11 is 0. The summed E-state index contributed by atoms with van der Waals surface area (Å²) < 4.78 is 5.38. The third-order valence-corrected chi connectivity index (χ3v) is 4.11. The highest BCUT2D eigenvalue weighted by atomic mass is 16.6. The van der Waals surface area contributed by atoms with Gasteiger partial charge in [0.15, 0.2) is 0 Å². The quantitative estimate of drug-likeness (QED) is 0.906. The highest BCUT2D eigenvalue weighted by Crippen LogP contribution is 2.24. The van der Waals surface area contributed by atoms with Crippen molar-refractivity contribution in [1.82, 2.24) is 4.90 Å². The largest absolute Gasteiger partial charge is 0.481 e. The lowest BCUT2D eigenvalue weighted by molar-refractivity contribution is -0.141. The first-order valence-electron chi connectivity index (χ1n) is 7.78. The number of piperidine rings is 1. The van der Waals surface area contributed by atoms with E-state index in [2.05, 4.69) is 0 Å². The Morgan fingerprint density at radius 3 is 2.73 bits per heavy atom. The highest BCUT2D eigenvalue weighted by Gasteiger charge is 2.30. The van der Waals surface area contributed by atoms with Gasteiger partial charge in [-0.2, -0.15) is 0 Å². The minimum atomic E-state index is -0.817. The molecule has 1 aliphatic heterocycles. The molecule has 1 amide bonds. The van der Waals surface area contributed by atoms with E-state index in [0.29, 0.717) is 13.0 Å². The summed E-state index contributed by atoms with van der Waals surface area (Å²) in [6.07, 6.45) is 2.96. The minimum absolute atomic E-state index is 0.0388. The van der Waals surface area contributed by atoms with E-state index in [1.54, 1.807) is 11.8 Å². The lowest BCUT2D eigenvalue weighted by atomic mass is 9.93. The van der Waals surface area contributed by atoms with Crippen LogP contribution < -0.4 is 0 Å². The molecule has 0 bridgehead atoms. The van der Waals surface area contributed by atoms with Crippen LogP contribution in [-0.4, -0.2) is 34.7 Å². The molecule has 1 aromatic carbocycles. The van der Waals surface area contributed by atoms with E-state index in [9.17, 15) is 9.59 Å².